The standard InChI is InChI=1S/C20H18ClO2/c1-22-15-8-5-7-14(13-15)16-10-6-12-19(23-2)20(16)17-9-3-4-11-18(17)21/h3-5,7-13H,6H2,1-2H3. The zero-order valence-electron chi connectivity index (χ0n) is 13.2. The van der Waals surface area contributed by atoms with Gasteiger partial charge in [-0.15, -0.1) is 0 Å². The number of hydrogen-bond donors (Lipinski definition) is 0. The molecule has 23 heavy (non-hydrogen) atoms. The Morgan fingerprint density at radius 3 is 2.52 bits per heavy atom. The fourth-order valence-electron chi connectivity index (χ4n) is 2.80. The average Bonchev–Trinajstić information content (AvgIpc) is 2.61. The molecular weight excluding hydrogens is 308 g/mol. The smallest absolute Gasteiger partial charge is 0.123 e. The highest BCUT2D eigenvalue weighted by molar-refractivity contribution is 6.33. The van der Waals surface area contributed by atoms with Crippen molar-refractivity contribution in [3.63, 3.8) is 0 Å². The molecule has 0 N–H and O–H groups in total. The van der Waals surface area contributed by atoms with Crippen LogP contribution in [0.4, 0.5) is 0 Å². The van der Waals surface area contributed by atoms with E-state index >= 15 is 0 Å². The summed E-state index contributed by atoms with van der Waals surface area (Å²) in [5.74, 6) is 1.67. The summed E-state index contributed by atoms with van der Waals surface area (Å²) in [5.41, 5.74) is 4.17. The second-order valence-corrected chi connectivity index (χ2v) is 5.62. The van der Waals surface area contributed by atoms with E-state index in [1.807, 2.05) is 42.5 Å². The molecule has 1 aliphatic rings. The van der Waals surface area contributed by atoms with E-state index in [4.69, 9.17) is 21.1 Å². The number of allylic oxidation sites excluding steroid dienone is 3. The van der Waals surface area contributed by atoms with Gasteiger partial charge in [-0.25, -0.2) is 0 Å². The van der Waals surface area contributed by atoms with Crippen LogP contribution < -0.4 is 4.74 Å². The Morgan fingerprint density at radius 1 is 0.957 bits per heavy atom. The van der Waals surface area contributed by atoms with Crippen LogP contribution in [0.1, 0.15) is 17.5 Å². The minimum Gasteiger partial charge on any atom is -0.497 e. The van der Waals surface area contributed by atoms with Crippen molar-refractivity contribution < 1.29 is 9.47 Å². The van der Waals surface area contributed by atoms with Crippen LogP contribution in [0.25, 0.3) is 11.1 Å². The van der Waals surface area contributed by atoms with E-state index in [0.29, 0.717) is 5.02 Å². The van der Waals surface area contributed by atoms with Gasteiger partial charge >= 0.3 is 0 Å². The first-order chi connectivity index (χ1) is 11.2. The van der Waals surface area contributed by atoms with Crippen molar-refractivity contribution in [1.29, 1.82) is 0 Å². The van der Waals surface area contributed by atoms with Crippen molar-refractivity contribution in [2.45, 2.75) is 6.42 Å². The summed E-state index contributed by atoms with van der Waals surface area (Å²) < 4.78 is 11.0. The molecule has 2 aromatic rings. The first-order valence-corrected chi connectivity index (χ1v) is 7.83. The normalized spacial score (nSPS) is 14.5. The Hall–Kier alpha value is -2.19. The molecule has 0 aromatic heterocycles. The second kappa shape index (κ2) is 6.93. The van der Waals surface area contributed by atoms with E-state index in [1.54, 1.807) is 14.2 Å². The van der Waals surface area contributed by atoms with E-state index in [2.05, 4.69) is 18.6 Å². The number of rotatable bonds is 4. The quantitative estimate of drug-likeness (QED) is 0.749. The average molecular weight is 326 g/mol. The molecule has 0 fully saturated rings. The lowest BCUT2D eigenvalue weighted by atomic mass is 9.86. The van der Waals surface area contributed by atoms with E-state index in [9.17, 15) is 0 Å². The zero-order chi connectivity index (χ0) is 16.2. The molecule has 2 aromatic carbocycles. The molecule has 2 nitrogen and oxygen atoms in total. The van der Waals surface area contributed by atoms with Crippen molar-refractivity contribution in [3.8, 4) is 5.75 Å². The maximum atomic E-state index is 6.44. The van der Waals surface area contributed by atoms with Crippen molar-refractivity contribution >= 4 is 22.7 Å². The third kappa shape index (κ3) is 3.13. The van der Waals surface area contributed by atoms with Crippen LogP contribution in [0, 0.1) is 6.42 Å². The molecule has 117 valence electrons. The Labute approximate surface area is 142 Å². The van der Waals surface area contributed by atoms with Gasteiger partial charge in [-0.2, -0.15) is 0 Å². The summed E-state index contributed by atoms with van der Waals surface area (Å²) in [6, 6.07) is 15.9. The van der Waals surface area contributed by atoms with E-state index in [0.717, 1.165) is 40.2 Å². The third-order valence-corrected chi connectivity index (χ3v) is 4.21. The van der Waals surface area contributed by atoms with Crippen LogP contribution in [-0.2, 0) is 4.74 Å². The lowest BCUT2D eigenvalue weighted by molar-refractivity contribution is 0.309. The molecule has 0 aliphatic heterocycles. The molecule has 3 heteroatoms. The van der Waals surface area contributed by atoms with Crippen LogP contribution in [0.3, 0.4) is 0 Å². The monoisotopic (exact) mass is 325 g/mol. The second-order valence-electron chi connectivity index (χ2n) is 5.21. The number of benzene rings is 2. The molecule has 0 heterocycles. The lowest BCUT2D eigenvalue weighted by Crippen LogP contribution is -2.04. The molecule has 0 bridgehead atoms. The van der Waals surface area contributed by atoms with Gasteiger partial charge in [0.25, 0.3) is 0 Å². The molecule has 1 radical (unpaired) electrons. The van der Waals surface area contributed by atoms with E-state index < -0.39 is 0 Å². The van der Waals surface area contributed by atoms with Crippen molar-refractivity contribution in [3.05, 3.63) is 82.9 Å². The topological polar surface area (TPSA) is 18.5 Å². The van der Waals surface area contributed by atoms with Crippen LogP contribution in [0.2, 0.25) is 5.02 Å². The summed E-state index contributed by atoms with van der Waals surface area (Å²) in [7, 11) is 3.37. The molecule has 0 unspecified atom stereocenters. The van der Waals surface area contributed by atoms with Gasteiger partial charge < -0.3 is 9.47 Å². The minimum atomic E-state index is 0.709. The summed E-state index contributed by atoms with van der Waals surface area (Å²) >= 11 is 6.44. The number of methoxy groups -OCH3 is 2. The fourth-order valence-corrected chi connectivity index (χ4v) is 3.03. The predicted molar refractivity (Wildman–Crippen MR) is 95.3 cm³/mol. The van der Waals surface area contributed by atoms with E-state index in [-0.39, 0.29) is 0 Å². The summed E-state index contributed by atoms with van der Waals surface area (Å²) in [5, 5.41) is 0.709. The molecule has 0 spiro atoms. The van der Waals surface area contributed by atoms with Gasteiger partial charge in [0.15, 0.2) is 0 Å². The molecular formula is C20H18ClO2. The Morgan fingerprint density at radius 2 is 1.78 bits per heavy atom. The summed E-state index contributed by atoms with van der Waals surface area (Å²) in [4.78, 5) is 0. The molecule has 0 saturated carbocycles. The lowest BCUT2D eigenvalue weighted by Gasteiger charge is -2.22. The molecule has 3 rings (SSSR count). The van der Waals surface area contributed by atoms with Gasteiger partial charge in [0, 0.05) is 16.2 Å². The first kappa shape index (κ1) is 15.7. The molecule has 0 atom stereocenters. The highest BCUT2D eigenvalue weighted by atomic mass is 35.5. The maximum absolute atomic E-state index is 6.44. The van der Waals surface area contributed by atoms with Crippen LogP contribution >= 0.6 is 11.6 Å². The number of hydrogen-bond acceptors (Lipinski definition) is 2. The fraction of sp³-hybridized carbons (Fsp3) is 0.150. The van der Waals surface area contributed by atoms with Gasteiger partial charge in [-0.1, -0.05) is 41.9 Å². The number of halogens is 1. The molecule has 0 saturated heterocycles. The summed E-state index contributed by atoms with van der Waals surface area (Å²) in [6.07, 6.45) is 5.09. The van der Waals surface area contributed by atoms with Gasteiger partial charge in [-0.3, -0.25) is 0 Å². The van der Waals surface area contributed by atoms with Crippen molar-refractivity contribution in [1.82, 2.24) is 0 Å². The molecule has 0 amide bonds. The van der Waals surface area contributed by atoms with Crippen LogP contribution in [0.5, 0.6) is 5.75 Å². The first-order valence-electron chi connectivity index (χ1n) is 7.46. The van der Waals surface area contributed by atoms with Gasteiger partial charge in [0.2, 0.25) is 0 Å². The predicted octanol–water partition coefficient (Wildman–Crippen LogP) is 5.40. The van der Waals surface area contributed by atoms with Gasteiger partial charge in [0.1, 0.15) is 11.5 Å². The van der Waals surface area contributed by atoms with Gasteiger partial charge in [0.05, 0.1) is 14.2 Å². The zero-order valence-corrected chi connectivity index (χ0v) is 13.9. The number of ether oxygens (including phenoxy) is 2. The summed E-state index contributed by atoms with van der Waals surface area (Å²) in [6.45, 7) is 0. The third-order valence-electron chi connectivity index (χ3n) is 3.88. The van der Waals surface area contributed by atoms with Gasteiger partial charge in [-0.05, 0) is 48.3 Å². The van der Waals surface area contributed by atoms with Crippen LogP contribution in [0.15, 0.2) is 60.4 Å². The minimum absolute atomic E-state index is 0.709. The van der Waals surface area contributed by atoms with E-state index in [1.165, 1.54) is 0 Å². The SMILES string of the molecule is COC1=CC[CH]C(c2cccc(OC)c2)=C1c1ccccc1Cl. The Bertz CT molecular complexity index is 775. The van der Waals surface area contributed by atoms with Crippen molar-refractivity contribution in [2.75, 3.05) is 14.2 Å². The highest BCUT2D eigenvalue weighted by Gasteiger charge is 2.22. The largest absolute Gasteiger partial charge is 0.497 e. The Balaban J connectivity index is 2.23. The molecule has 1 aliphatic carbocycles. The highest BCUT2D eigenvalue weighted by Crippen LogP contribution is 2.41. The Kier molecular flexibility index (Phi) is 4.73. The van der Waals surface area contributed by atoms with Crippen molar-refractivity contribution in [2.24, 2.45) is 0 Å². The van der Waals surface area contributed by atoms with Crippen LogP contribution in [-0.4, -0.2) is 14.2 Å². The maximum Gasteiger partial charge on any atom is 0.123 e.